The molecule has 0 saturated heterocycles. The summed E-state index contributed by atoms with van der Waals surface area (Å²) in [5.41, 5.74) is -0.389. The van der Waals surface area contributed by atoms with Crippen molar-refractivity contribution in [2.24, 2.45) is 5.41 Å². The minimum absolute atomic E-state index is 0.0185. The molecule has 0 atom stereocenters. The largest absolute Gasteiger partial charge is 0.290 e. The Balaban J connectivity index is 2.88. The lowest BCUT2D eigenvalue weighted by molar-refractivity contribution is 0.0847. The molecular formula is C7H11N3O. The SMILES string of the molecule is CC(C)(C)C(=O)c1ncn[nH]1. The fourth-order valence-corrected chi connectivity index (χ4v) is 0.670. The number of aromatic amines is 1. The molecule has 1 N–H and O–H groups in total. The van der Waals surface area contributed by atoms with Crippen molar-refractivity contribution < 1.29 is 4.79 Å². The Bertz CT molecular complexity index is 245. The lowest BCUT2D eigenvalue weighted by atomic mass is 9.90. The lowest BCUT2D eigenvalue weighted by Crippen LogP contribution is -2.21. The zero-order valence-electron chi connectivity index (χ0n) is 6.88. The van der Waals surface area contributed by atoms with Gasteiger partial charge in [-0.25, -0.2) is 4.98 Å². The van der Waals surface area contributed by atoms with E-state index in [4.69, 9.17) is 0 Å². The molecule has 0 amide bonds. The molecule has 0 unspecified atom stereocenters. The number of H-pyrrole nitrogens is 1. The zero-order chi connectivity index (χ0) is 8.48. The van der Waals surface area contributed by atoms with Crippen LogP contribution in [0, 0.1) is 5.41 Å². The summed E-state index contributed by atoms with van der Waals surface area (Å²) in [6.07, 6.45) is 1.33. The van der Waals surface area contributed by atoms with Crippen LogP contribution in [0.3, 0.4) is 0 Å². The fraction of sp³-hybridized carbons (Fsp3) is 0.571. The highest BCUT2D eigenvalue weighted by molar-refractivity contribution is 5.96. The van der Waals surface area contributed by atoms with Crippen LogP contribution in [0.5, 0.6) is 0 Å². The summed E-state index contributed by atoms with van der Waals surface area (Å²) in [6.45, 7) is 5.54. The van der Waals surface area contributed by atoms with Crippen LogP contribution in [0.1, 0.15) is 31.4 Å². The van der Waals surface area contributed by atoms with Gasteiger partial charge in [0.2, 0.25) is 5.78 Å². The Morgan fingerprint density at radius 2 is 2.18 bits per heavy atom. The number of rotatable bonds is 1. The van der Waals surface area contributed by atoms with E-state index in [0.717, 1.165) is 0 Å². The molecule has 0 aliphatic heterocycles. The second-order valence-electron chi connectivity index (χ2n) is 3.41. The van der Waals surface area contributed by atoms with Crippen molar-refractivity contribution in [1.82, 2.24) is 15.2 Å². The first-order chi connectivity index (χ1) is 5.02. The normalized spacial score (nSPS) is 11.5. The molecule has 11 heavy (non-hydrogen) atoms. The van der Waals surface area contributed by atoms with Crippen LogP contribution in [0.25, 0.3) is 0 Å². The number of ketones is 1. The second-order valence-corrected chi connectivity index (χ2v) is 3.41. The maximum atomic E-state index is 11.4. The third kappa shape index (κ3) is 1.63. The molecule has 1 rings (SSSR count). The van der Waals surface area contributed by atoms with Gasteiger partial charge in [0.1, 0.15) is 6.33 Å². The molecule has 4 nitrogen and oxygen atoms in total. The average Bonchev–Trinajstić information content (AvgIpc) is 2.34. The maximum Gasteiger partial charge on any atom is 0.204 e. The smallest absolute Gasteiger partial charge is 0.204 e. The maximum absolute atomic E-state index is 11.4. The van der Waals surface area contributed by atoms with Crippen molar-refractivity contribution in [1.29, 1.82) is 0 Å². The first kappa shape index (κ1) is 7.91. The molecule has 0 spiro atoms. The number of aromatic nitrogens is 3. The number of nitrogens with one attached hydrogen (secondary N) is 1. The first-order valence-electron chi connectivity index (χ1n) is 3.42. The number of hydrogen-bond acceptors (Lipinski definition) is 3. The van der Waals surface area contributed by atoms with Gasteiger partial charge >= 0.3 is 0 Å². The van der Waals surface area contributed by atoms with Crippen molar-refractivity contribution in [2.75, 3.05) is 0 Å². The third-order valence-electron chi connectivity index (χ3n) is 1.31. The Morgan fingerprint density at radius 1 is 1.55 bits per heavy atom. The van der Waals surface area contributed by atoms with Crippen molar-refractivity contribution in [3.8, 4) is 0 Å². The van der Waals surface area contributed by atoms with Gasteiger partial charge in [-0.2, -0.15) is 5.10 Å². The molecule has 0 aliphatic carbocycles. The van der Waals surface area contributed by atoms with Gasteiger partial charge in [-0.1, -0.05) is 20.8 Å². The van der Waals surface area contributed by atoms with Crippen molar-refractivity contribution in [2.45, 2.75) is 20.8 Å². The number of carbonyl (C=O) groups excluding carboxylic acids is 1. The molecule has 0 radical (unpaired) electrons. The first-order valence-corrected chi connectivity index (χ1v) is 3.42. The highest BCUT2D eigenvalue weighted by atomic mass is 16.1. The molecule has 0 saturated carbocycles. The highest BCUT2D eigenvalue weighted by Gasteiger charge is 2.24. The van der Waals surface area contributed by atoms with Crippen LogP contribution in [-0.2, 0) is 0 Å². The van der Waals surface area contributed by atoms with E-state index >= 15 is 0 Å². The van der Waals surface area contributed by atoms with Gasteiger partial charge in [0.25, 0.3) is 0 Å². The van der Waals surface area contributed by atoms with Crippen LogP contribution in [-0.4, -0.2) is 21.0 Å². The Hall–Kier alpha value is -1.19. The minimum Gasteiger partial charge on any atom is -0.290 e. The summed E-state index contributed by atoms with van der Waals surface area (Å²) < 4.78 is 0. The number of nitrogens with zero attached hydrogens (tertiary/aromatic N) is 2. The standard InChI is InChI=1S/C7H11N3O/c1-7(2,3)5(11)6-8-4-9-10-6/h4H,1-3H3,(H,8,9,10). The molecule has 1 heterocycles. The molecular weight excluding hydrogens is 142 g/mol. The van der Waals surface area contributed by atoms with Crippen molar-refractivity contribution in [3.05, 3.63) is 12.2 Å². The summed E-state index contributed by atoms with van der Waals surface area (Å²) in [6, 6.07) is 0. The summed E-state index contributed by atoms with van der Waals surface area (Å²) in [4.78, 5) is 15.2. The third-order valence-corrected chi connectivity index (χ3v) is 1.31. The summed E-state index contributed by atoms with van der Waals surface area (Å²) in [5.74, 6) is 0.313. The van der Waals surface area contributed by atoms with E-state index in [1.807, 2.05) is 20.8 Å². The topological polar surface area (TPSA) is 58.6 Å². The summed E-state index contributed by atoms with van der Waals surface area (Å²) >= 11 is 0. The van der Waals surface area contributed by atoms with Gasteiger partial charge in [0.05, 0.1) is 0 Å². The predicted octanol–water partition coefficient (Wildman–Crippen LogP) is 1.03. The van der Waals surface area contributed by atoms with E-state index < -0.39 is 0 Å². The molecule has 60 valence electrons. The van der Waals surface area contributed by atoms with Crippen LogP contribution >= 0.6 is 0 Å². The molecule has 0 fully saturated rings. The molecule has 1 aromatic rings. The summed E-state index contributed by atoms with van der Waals surface area (Å²) in [5, 5.41) is 6.13. The van der Waals surface area contributed by atoms with Gasteiger partial charge in [-0.05, 0) is 0 Å². The van der Waals surface area contributed by atoms with Crippen LogP contribution in [0.4, 0.5) is 0 Å². The van der Waals surface area contributed by atoms with Crippen LogP contribution < -0.4 is 0 Å². The number of carbonyl (C=O) groups is 1. The van der Waals surface area contributed by atoms with E-state index in [2.05, 4.69) is 15.2 Å². The fourth-order valence-electron chi connectivity index (χ4n) is 0.670. The Kier molecular flexibility index (Phi) is 1.76. The Labute approximate surface area is 65.0 Å². The molecule has 4 heteroatoms. The second kappa shape index (κ2) is 2.45. The van der Waals surface area contributed by atoms with Crippen molar-refractivity contribution >= 4 is 5.78 Å². The van der Waals surface area contributed by atoms with Gasteiger partial charge in [-0.3, -0.25) is 9.89 Å². The average molecular weight is 153 g/mol. The van der Waals surface area contributed by atoms with Gasteiger partial charge in [-0.15, -0.1) is 0 Å². The van der Waals surface area contributed by atoms with Crippen LogP contribution in [0.2, 0.25) is 0 Å². The molecule has 0 bridgehead atoms. The molecule has 1 aromatic heterocycles. The van der Waals surface area contributed by atoms with Crippen LogP contribution in [0.15, 0.2) is 6.33 Å². The van der Waals surface area contributed by atoms with E-state index in [1.165, 1.54) is 6.33 Å². The molecule has 0 aromatic carbocycles. The van der Waals surface area contributed by atoms with Crippen molar-refractivity contribution in [3.63, 3.8) is 0 Å². The minimum atomic E-state index is -0.389. The Morgan fingerprint density at radius 3 is 2.55 bits per heavy atom. The monoisotopic (exact) mass is 153 g/mol. The lowest BCUT2D eigenvalue weighted by Gasteiger charge is -2.13. The zero-order valence-corrected chi connectivity index (χ0v) is 6.88. The van der Waals surface area contributed by atoms with Gasteiger partial charge in [0.15, 0.2) is 5.82 Å². The number of Topliss-reactive ketones (excluding diaryl/α,β-unsaturated/α-hetero) is 1. The van der Waals surface area contributed by atoms with E-state index in [-0.39, 0.29) is 11.2 Å². The molecule has 0 aliphatic rings. The summed E-state index contributed by atoms with van der Waals surface area (Å²) in [7, 11) is 0. The number of hydrogen-bond donors (Lipinski definition) is 1. The van der Waals surface area contributed by atoms with E-state index in [0.29, 0.717) is 5.82 Å². The highest BCUT2D eigenvalue weighted by Crippen LogP contribution is 2.17. The van der Waals surface area contributed by atoms with Gasteiger partial charge in [0, 0.05) is 5.41 Å². The van der Waals surface area contributed by atoms with E-state index in [1.54, 1.807) is 0 Å². The predicted molar refractivity (Wildman–Crippen MR) is 40.2 cm³/mol. The van der Waals surface area contributed by atoms with E-state index in [9.17, 15) is 4.79 Å². The van der Waals surface area contributed by atoms with Gasteiger partial charge < -0.3 is 0 Å². The quantitative estimate of drug-likeness (QED) is 0.613.